The van der Waals surface area contributed by atoms with E-state index in [1.54, 1.807) is 5.01 Å². The number of hydrogen-bond donors (Lipinski definition) is 1. The summed E-state index contributed by atoms with van der Waals surface area (Å²) in [4.78, 5) is 18.2. The number of amides is 1. The minimum atomic E-state index is -0.462. The fraction of sp³-hybridized carbons (Fsp3) is 0.192. The minimum absolute atomic E-state index is 0.176. The summed E-state index contributed by atoms with van der Waals surface area (Å²) in [7, 11) is 0. The van der Waals surface area contributed by atoms with Gasteiger partial charge in [-0.15, -0.1) is 5.10 Å². The molecule has 5 rings (SSSR count). The van der Waals surface area contributed by atoms with Gasteiger partial charge in [0.25, 0.3) is 5.91 Å². The van der Waals surface area contributed by atoms with Crippen LogP contribution in [0.3, 0.4) is 0 Å². The van der Waals surface area contributed by atoms with Crippen LogP contribution < -0.4 is 20.6 Å². The van der Waals surface area contributed by atoms with Crippen molar-refractivity contribution in [3.8, 4) is 5.75 Å². The molecule has 6 nitrogen and oxygen atoms in total. The highest BCUT2D eigenvalue weighted by Gasteiger charge is 2.34. The van der Waals surface area contributed by atoms with Gasteiger partial charge in [-0.1, -0.05) is 71.9 Å². The van der Waals surface area contributed by atoms with Gasteiger partial charge in [-0.25, -0.2) is 5.01 Å². The van der Waals surface area contributed by atoms with Crippen molar-refractivity contribution in [1.29, 1.82) is 0 Å². The second kappa shape index (κ2) is 9.11. The molecule has 3 aromatic carbocycles. The highest BCUT2D eigenvalue weighted by Crippen LogP contribution is 2.32. The number of para-hydroxylation sites is 1. The zero-order valence-electron chi connectivity index (χ0n) is 18.5. The monoisotopic (exact) mass is 456 g/mol. The van der Waals surface area contributed by atoms with E-state index in [1.165, 1.54) is 22.9 Å². The molecule has 0 aromatic heterocycles. The fourth-order valence-corrected chi connectivity index (χ4v) is 4.68. The summed E-state index contributed by atoms with van der Waals surface area (Å²) in [6.07, 6.45) is -0.462. The fourth-order valence-electron chi connectivity index (χ4n) is 3.88. The number of carbonyl (C=O) groups excluding carboxylic acids is 1. The van der Waals surface area contributed by atoms with Crippen LogP contribution in [0.2, 0.25) is 0 Å². The Labute approximate surface area is 196 Å². The molecule has 0 saturated heterocycles. The number of rotatable bonds is 5. The Bertz CT molecular complexity index is 1350. The Kier molecular flexibility index (Phi) is 5.88. The number of carbonyl (C=O) groups is 1. The first-order valence-corrected chi connectivity index (χ1v) is 11.9. The van der Waals surface area contributed by atoms with E-state index >= 15 is 0 Å². The average Bonchev–Trinajstić information content (AvgIpc) is 2.83. The molecular weight excluding hydrogens is 432 g/mol. The van der Waals surface area contributed by atoms with Crippen molar-refractivity contribution in [2.45, 2.75) is 25.8 Å². The number of aryl methyl sites for hydroxylation is 1. The van der Waals surface area contributed by atoms with Gasteiger partial charge in [0, 0.05) is 16.5 Å². The van der Waals surface area contributed by atoms with Crippen LogP contribution in [0.5, 0.6) is 5.75 Å². The van der Waals surface area contributed by atoms with Crippen molar-refractivity contribution in [2.75, 3.05) is 6.61 Å². The van der Waals surface area contributed by atoms with Crippen LogP contribution in [0.1, 0.15) is 29.8 Å². The molecule has 1 N–H and O–H groups in total. The van der Waals surface area contributed by atoms with Gasteiger partial charge < -0.3 is 4.74 Å². The summed E-state index contributed by atoms with van der Waals surface area (Å²) in [5, 5.41) is 11.7. The number of benzene rings is 3. The molecular formula is C26H24N4O2S. The third-order valence-electron chi connectivity index (χ3n) is 5.48. The maximum absolute atomic E-state index is 13.3. The van der Waals surface area contributed by atoms with E-state index in [0.717, 1.165) is 21.9 Å². The van der Waals surface area contributed by atoms with E-state index in [0.29, 0.717) is 23.2 Å². The molecule has 1 unspecified atom stereocenters. The minimum Gasteiger partial charge on any atom is -0.494 e. The molecule has 2 aliphatic rings. The van der Waals surface area contributed by atoms with E-state index in [-0.39, 0.29) is 5.91 Å². The number of nitrogens with zero attached hydrogens (tertiary/aromatic N) is 3. The standard InChI is InChI=1S/C26H24N4O2S/c1-3-32-20-8-6-7-19(15-20)24-27-22-10-5-4-9-21(22)23-25(31)28-26(29-30(23)24)33-16-18-13-11-17(2)12-14-18/h4-15,24H,3,16H2,1-2H3,(H,28,29,31). The van der Waals surface area contributed by atoms with Crippen LogP contribution in [0.25, 0.3) is 5.70 Å². The molecule has 0 aliphatic carbocycles. The molecule has 2 aliphatic heterocycles. The lowest BCUT2D eigenvalue weighted by Gasteiger charge is -2.34. The lowest BCUT2D eigenvalue weighted by Crippen LogP contribution is -2.50. The summed E-state index contributed by atoms with van der Waals surface area (Å²) in [6, 6.07) is 23.9. The van der Waals surface area contributed by atoms with Gasteiger partial charge in [-0.05, 0) is 37.6 Å². The molecule has 33 heavy (non-hydrogen) atoms. The van der Waals surface area contributed by atoms with Crippen molar-refractivity contribution >= 4 is 28.5 Å². The van der Waals surface area contributed by atoms with Gasteiger partial charge in [0.1, 0.15) is 11.4 Å². The number of hydrogen-bond acceptors (Lipinski definition) is 6. The molecule has 3 aromatic rings. The highest BCUT2D eigenvalue weighted by atomic mass is 32.2. The molecule has 166 valence electrons. The van der Waals surface area contributed by atoms with Crippen LogP contribution in [-0.2, 0) is 10.5 Å². The molecule has 0 saturated carbocycles. The largest absolute Gasteiger partial charge is 0.494 e. The summed E-state index contributed by atoms with van der Waals surface area (Å²) in [5.41, 5.74) is 3.81. The first-order chi connectivity index (χ1) is 16.1. The molecule has 0 radical (unpaired) electrons. The third-order valence-corrected chi connectivity index (χ3v) is 6.41. The van der Waals surface area contributed by atoms with Crippen molar-refractivity contribution in [2.24, 2.45) is 10.1 Å². The Balaban J connectivity index is 1.54. The molecule has 1 atom stereocenters. The quantitative estimate of drug-likeness (QED) is 0.639. The van der Waals surface area contributed by atoms with E-state index in [1.807, 2.05) is 55.5 Å². The third kappa shape index (κ3) is 4.36. The van der Waals surface area contributed by atoms with Crippen LogP contribution in [0, 0.1) is 6.92 Å². The van der Waals surface area contributed by atoms with Crippen molar-refractivity contribution in [1.82, 2.24) is 10.3 Å². The lowest BCUT2D eigenvalue weighted by molar-refractivity contribution is -0.116. The van der Waals surface area contributed by atoms with Crippen molar-refractivity contribution < 1.29 is 9.53 Å². The number of thioether (sulfide) groups is 1. The van der Waals surface area contributed by atoms with Gasteiger partial charge in [-0.2, -0.15) is 0 Å². The summed E-state index contributed by atoms with van der Waals surface area (Å²) in [6.45, 7) is 4.60. The second-order valence-electron chi connectivity index (χ2n) is 7.85. The van der Waals surface area contributed by atoms with Gasteiger partial charge in [0.2, 0.25) is 0 Å². The maximum atomic E-state index is 13.3. The number of nitrogens with one attached hydrogen (secondary N) is 1. The first-order valence-electron chi connectivity index (χ1n) is 10.9. The molecule has 0 spiro atoms. The van der Waals surface area contributed by atoms with Crippen LogP contribution in [0.15, 0.2) is 82.9 Å². The Morgan fingerprint density at radius 2 is 1.88 bits per heavy atom. The van der Waals surface area contributed by atoms with Crippen molar-refractivity contribution in [3.63, 3.8) is 0 Å². The summed E-state index contributed by atoms with van der Waals surface area (Å²) >= 11 is 1.50. The predicted molar refractivity (Wildman–Crippen MR) is 131 cm³/mol. The number of amidine groups is 1. The van der Waals surface area contributed by atoms with Gasteiger partial charge >= 0.3 is 0 Å². The second-order valence-corrected chi connectivity index (χ2v) is 8.82. The smallest absolute Gasteiger partial charge is 0.276 e. The Morgan fingerprint density at radius 3 is 2.70 bits per heavy atom. The number of hydrazone groups is 1. The van der Waals surface area contributed by atoms with E-state index < -0.39 is 6.17 Å². The Morgan fingerprint density at radius 1 is 1.06 bits per heavy atom. The number of fused-ring (bicyclic) bond motifs is 2. The van der Waals surface area contributed by atoms with E-state index in [4.69, 9.17) is 14.8 Å². The van der Waals surface area contributed by atoms with Gasteiger partial charge in [0.05, 0.1) is 12.0 Å². The molecule has 7 heteroatoms. The van der Waals surface area contributed by atoms with Gasteiger partial charge in [0.15, 0.2) is 11.3 Å². The summed E-state index contributed by atoms with van der Waals surface area (Å²) < 4.78 is 5.69. The lowest BCUT2D eigenvalue weighted by atomic mass is 10.1. The SMILES string of the molecule is CCOc1cccc(C2N=c3ccccc3=C3C(=O)NC(SCc4ccc(C)cc4)=NN32)c1. The molecule has 0 fully saturated rings. The first kappa shape index (κ1) is 21.3. The van der Waals surface area contributed by atoms with Crippen LogP contribution in [0.4, 0.5) is 0 Å². The van der Waals surface area contributed by atoms with Crippen molar-refractivity contribution in [3.05, 3.63) is 100 Å². The zero-order valence-corrected chi connectivity index (χ0v) is 19.3. The molecule has 0 bridgehead atoms. The van der Waals surface area contributed by atoms with E-state index in [2.05, 4.69) is 36.5 Å². The molecule has 2 heterocycles. The Hall–Kier alpha value is -3.58. The highest BCUT2D eigenvalue weighted by molar-refractivity contribution is 8.13. The summed E-state index contributed by atoms with van der Waals surface area (Å²) in [5.74, 6) is 1.30. The maximum Gasteiger partial charge on any atom is 0.276 e. The topological polar surface area (TPSA) is 66.3 Å². The molecule has 1 amide bonds. The van der Waals surface area contributed by atoms with Crippen LogP contribution in [-0.4, -0.2) is 22.7 Å². The predicted octanol–water partition coefficient (Wildman–Crippen LogP) is 3.47. The average molecular weight is 457 g/mol. The van der Waals surface area contributed by atoms with Gasteiger partial charge in [-0.3, -0.25) is 15.1 Å². The number of ether oxygens (including phenoxy) is 1. The zero-order chi connectivity index (χ0) is 22.8. The van der Waals surface area contributed by atoms with Crippen LogP contribution >= 0.6 is 11.8 Å². The normalized spacial score (nSPS) is 16.8. The van der Waals surface area contributed by atoms with E-state index in [9.17, 15) is 4.79 Å².